The number of hydrogen-bond donors (Lipinski definition) is 1. The smallest absolute Gasteiger partial charge is 0.242 e. The second-order valence-electron chi connectivity index (χ2n) is 14.4. The number of halogens is 2. The number of phenols is 1. The van der Waals surface area contributed by atoms with Crippen LogP contribution in [0.5, 0.6) is 5.75 Å². The number of aromatic nitrogens is 2. The molecule has 2 aliphatic heterocycles. The van der Waals surface area contributed by atoms with E-state index in [1.54, 1.807) is 35.2 Å². The maximum atomic E-state index is 15.0. The molecule has 1 N–H and O–H groups in total. The summed E-state index contributed by atoms with van der Waals surface area (Å²) in [6.07, 6.45) is 2.56. The summed E-state index contributed by atoms with van der Waals surface area (Å²) in [7, 11) is 1.72. The van der Waals surface area contributed by atoms with E-state index in [0.29, 0.717) is 28.5 Å². The predicted octanol–water partition coefficient (Wildman–Crippen LogP) is 8.12. The van der Waals surface area contributed by atoms with E-state index in [2.05, 4.69) is 0 Å². The lowest BCUT2D eigenvalue weighted by Gasteiger charge is -2.49. The van der Waals surface area contributed by atoms with E-state index in [9.17, 15) is 19.5 Å². The summed E-state index contributed by atoms with van der Waals surface area (Å²) in [5.41, 5.74) is 1.76. The fourth-order valence-corrected chi connectivity index (χ4v) is 11.6. The van der Waals surface area contributed by atoms with E-state index in [-0.39, 0.29) is 47.4 Å². The fourth-order valence-electron chi connectivity index (χ4n) is 9.32. The number of carbonyl (C=O) groups excluding carboxylic acids is 4. The highest BCUT2D eigenvalue weighted by molar-refractivity contribution is 7.22. The third-order valence-electron chi connectivity index (χ3n) is 11.8. The molecule has 4 aliphatic rings. The number of thiophene rings is 2. The van der Waals surface area contributed by atoms with E-state index in [4.69, 9.17) is 28.3 Å². The van der Waals surface area contributed by atoms with Gasteiger partial charge in [-0.05, 0) is 90.9 Å². The van der Waals surface area contributed by atoms with Crippen molar-refractivity contribution in [3.63, 3.8) is 0 Å². The number of hydrogen-bond acceptors (Lipinski definition) is 8. The van der Waals surface area contributed by atoms with Crippen LogP contribution in [0, 0.1) is 36.0 Å². The molecule has 0 radical (unpaired) electrons. The van der Waals surface area contributed by atoms with Crippen molar-refractivity contribution in [2.24, 2.45) is 36.1 Å². The number of rotatable bonds is 5. The summed E-state index contributed by atoms with van der Waals surface area (Å²) < 4.78 is 2.61. The van der Waals surface area contributed by atoms with E-state index in [1.165, 1.54) is 33.3 Å². The van der Waals surface area contributed by atoms with E-state index < -0.39 is 35.0 Å². The Kier molecular flexibility index (Phi) is 7.65. The number of anilines is 1. The van der Waals surface area contributed by atoms with E-state index in [0.717, 1.165) is 31.0 Å². The van der Waals surface area contributed by atoms with Crippen LogP contribution in [0.15, 0.2) is 71.6 Å². The van der Waals surface area contributed by atoms with Gasteiger partial charge in [0.15, 0.2) is 0 Å². The molecule has 2 aliphatic carbocycles. The van der Waals surface area contributed by atoms with E-state index >= 15 is 4.79 Å². The number of allylic oxidation sites excluding steroid dienone is 2. The number of benzene rings is 2. The summed E-state index contributed by atoms with van der Waals surface area (Å²) in [5, 5.41) is 18.9. The molecule has 2 saturated heterocycles. The molecule has 13 heteroatoms. The Morgan fingerprint density at radius 2 is 1.81 bits per heavy atom. The van der Waals surface area contributed by atoms with Crippen LogP contribution in [0.25, 0.3) is 20.7 Å². The highest BCUT2D eigenvalue weighted by Gasteiger charge is 2.68. The molecule has 3 aromatic heterocycles. The van der Waals surface area contributed by atoms with Crippen LogP contribution in [0.1, 0.15) is 41.7 Å². The summed E-state index contributed by atoms with van der Waals surface area (Å²) in [5.74, 6) is -4.11. The topological polar surface area (TPSA) is 113 Å². The van der Waals surface area contributed by atoms with Crippen molar-refractivity contribution in [1.29, 1.82) is 0 Å². The van der Waals surface area contributed by atoms with Crippen LogP contribution in [0.2, 0.25) is 10.0 Å². The Bertz CT molecular complexity index is 2420. The zero-order chi connectivity index (χ0) is 36.4. The maximum absolute atomic E-state index is 15.0. The first kappa shape index (κ1) is 33.5. The van der Waals surface area contributed by atoms with Gasteiger partial charge in [-0.15, -0.1) is 22.7 Å². The Labute approximate surface area is 317 Å². The molecular weight excluding hydrogens is 739 g/mol. The molecule has 9 rings (SSSR count). The zero-order valence-electron chi connectivity index (χ0n) is 28.3. The number of nitrogens with zero attached hydrogens (tertiary/aromatic N) is 4. The van der Waals surface area contributed by atoms with Crippen LogP contribution in [-0.4, -0.2) is 43.4 Å². The lowest BCUT2D eigenvalue weighted by atomic mass is 9.51. The molecule has 5 aromatic rings. The highest BCUT2D eigenvalue weighted by Crippen LogP contribution is 2.64. The number of aryl methyl sites for hydroxylation is 2. The Morgan fingerprint density at radius 1 is 1.00 bits per heavy atom. The van der Waals surface area contributed by atoms with Gasteiger partial charge in [0.1, 0.15) is 17.3 Å². The number of carbonyl (C=O) groups is 4. The summed E-state index contributed by atoms with van der Waals surface area (Å²) >= 11 is 16.2. The van der Waals surface area contributed by atoms with Crippen molar-refractivity contribution in [1.82, 2.24) is 14.7 Å². The average molecular weight is 772 g/mol. The number of fused-ring (bicyclic) bond motifs is 5. The van der Waals surface area contributed by atoms with Crippen LogP contribution < -0.4 is 4.90 Å². The van der Waals surface area contributed by atoms with Crippen molar-refractivity contribution in [2.75, 3.05) is 4.90 Å². The second kappa shape index (κ2) is 11.9. The van der Waals surface area contributed by atoms with Crippen molar-refractivity contribution < 1.29 is 24.3 Å². The standard InChI is InChI=1S/C39H32Cl2N4O5S2/c1-18-25-13-19(40)6-11-30(25)52-34(18)29-16-31(43(3)42-29)45-36(48)27-15-26-22(33(39(27,2)38(45)50)23-8-7-20(46)14-28(23)41)9-10-24-32(26)37(49)44(35(24)47)17-21-5-4-12-51-21/h4-9,11-14,16,24,26-27,32-33,46H,10,15,17H2,1-3H3. The first-order valence-corrected chi connectivity index (χ1v) is 19.5. The predicted molar refractivity (Wildman–Crippen MR) is 201 cm³/mol. The van der Waals surface area contributed by atoms with Gasteiger partial charge >= 0.3 is 0 Å². The minimum atomic E-state index is -1.29. The zero-order valence-corrected chi connectivity index (χ0v) is 31.4. The molecule has 6 unspecified atom stereocenters. The molecule has 5 heterocycles. The average Bonchev–Trinajstić information content (AvgIpc) is 3.92. The third-order valence-corrected chi connectivity index (χ3v) is 14.5. The Morgan fingerprint density at radius 3 is 2.56 bits per heavy atom. The molecule has 2 aromatic carbocycles. The van der Waals surface area contributed by atoms with Crippen LogP contribution in [-0.2, 0) is 32.8 Å². The number of amides is 4. The van der Waals surface area contributed by atoms with Gasteiger partial charge < -0.3 is 5.11 Å². The SMILES string of the molecule is Cc1c(-c2cc(N3C(=O)C4CC5C(=CCC6C(=O)N(Cc7cccs7)C(=O)C65)C(c5ccc(O)cc5Cl)C4(C)C3=O)n(C)n2)sc2ccc(Cl)cc12. The minimum absolute atomic E-state index is 0.0297. The summed E-state index contributed by atoms with van der Waals surface area (Å²) in [4.78, 5) is 62.3. The molecule has 3 fully saturated rings. The van der Waals surface area contributed by atoms with Crippen molar-refractivity contribution >= 4 is 85.4 Å². The van der Waals surface area contributed by atoms with Gasteiger partial charge in [-0.2, -0.15) is 5.10 Å². The van der Waals surface area contributed by atoms with Gasteiger partial charge in [-0.1, -0.05) is 47.0 Å². The van der Waals surface area contributed by atoms with Gasteiger partial charge in [-0.3, -0.25) is 28.8 Å². The second-order valence-corrected chi connectivity index (χ2v) is 17.3. The minimum Gasteiger partial charge on any atom is -0.508 e. The number of likely N-dealkylation sites (tertiary alicyclic amines) is 1. The first-order chi connectivity index (χ1) is 24.9. The molecule has 6 atom stereocenters. The monoisotopic (exact) mass is 770 g/mol. The quantitative estimate of drug-likeness (QED) is 0.143. The summed E-state index contributed by atoms with van der Waals surface area (Å²) in [6, 6.07) is 16.0. The normalized spacial score (nSPS) is 27.0. The van der Waals surface area contributed by atoms with Gasteiger partial charge in [0, 0.05) is 38.7 Å². The Balaban J connectivity index is 1.15. The first-order valence-electron chi connectivity index (χ1n) is 17.1. The number of phenolic OH excluding ortho intramolecular Hbond substituents is 1. The van der Waals surface area contributed by atoms with Crippen LogP contribution in [0.4, 0.5) is 5.82 Å². The number of aromatic hydroxyl groups is 1. The van der Waals surface area contributed by atoms with Gasteiger partial charge in [0.25, 0.3) is 0 Å². The van der Waals surface area contributed by atoms with Crippen molar-refractivity contribution in [3.05, 3.63) is 97.7 Å². The molecule has 264 valence electrons. The lowest BCUT2D eigenvalue weighted by molar-refractivity contribution is -0.141. The highest BCUT2D eigenvalue weighted by atomic mass is 35.5. The lowest BCUT2D eigenvalue weighted by Crippen LogP contribution is -2.49. The van der Waals surface area contributed by atoms with E-state index in [1.807, 2.05) is 55.6 Å². The molecule has 1 saturated carbocycles. The van der Waals surface area contributed by atoms with Crippen molar-refractivity contribution in [3.8, 4) is 16.3 Å². The molecule has 0 spiro atoms. The molecular formula is C39H32Cl2N4O5S2. The van der Waals surface area contributed by atoms with Crippen LogP contribution in [0.3, 0.4) is 0 Å². The Hall–Kier alpha value is -4.29. The largest absolute Gasteiger partial charge is 0.508 e. The van der Waals surface area contributed by atoms with Crippen LogP contribution >= 0.6 is 45.9 Å². The number of imide groups is 2. The van der Waals surface area contributed by atoms with Gasteiger partial charge in [-0.25, -0.2) is 4.90 Å². The van der Waals surface area contributed by atoms with Crippen molar-refractivity contribution in [2.45, 2.75) is 39.2 Å². The third kappa shape index (κ3) is 4.68. The molecule has 4 amide bonds. The maximum Gasteiger partial charge on any atom is 0.242 e. The van der Waals surface area contributed by atoms with Gasteiger partial charge in [0.2, 0.25) is 23.6 Å². The molecule has 52 heavy (non-hydrogen) atoms. The summed E-state index contributed by atoms with van der Waals surface area (Å²) in [6.45, 7) is 4.03. The van der Waals surface area contributed by atoms with Gasteiger partial charge in [0.05, 0.1) is 34.6 Å². The fraction of sp³-hybridized carbons (Fsp3) is 0.308. The molecule has 0 bridgehead atoms. The molecule has 9 nitrogen and oxygen atoms in total.